The topological polar surface area (TPSA) is 78.6 Å². The van der Waals surface area contributed by atoms with Crippen LogP contribution in [0, 0.1) is 5.41 Å². The molecule has 1 aliphatic carbocycles. The summed E-state index contributed by atoms with van der Waals surface area (Å²) in [5, 5.41) is -0.641. The third kappa shape index (κ3) is 2.85. The number of ether oxygens (including phenoxy) is 2. The minimum Gasteiger partial charge on any atom is -0.497 e. The molecule has 0 radical (unpaired) electrons. The Balaban J connectivity index is 2.43. The van der Waals surface area contributed by atoms with Crippen LogP contribution in [0.2, 0.25) is 0 Å². The minimum absolute atomic E-state index is 0.192. The average Bonchev–Trinajstić information content (AvgIpc) is 3.16. The summed E-state index contributed by atoms with van der Waals surface area (Å²) in [4.78, 5) is 0.192. The highest BCUT2D eigenvalue weighted by molar-refractivity contribution is 7.92. The fraction of sp³-hybridized carbons (Fsp3) is 0.533. The second-order valence-corrected chi connectivity index (χ2v) is 8.15. The molecule has 1 aromatic rings. The predicted octanol–water partition coefficient (Wildman–Crippen LogP) is 1.51. The van der Waals surface area contributed by atoms with Gasteiger partial charge in [0.15, 0.2) is 9.84 Å². The van der Waals surface area contributed by atoms with Gasteiger partial charge in [0.25, 0.3) is 0 Å². The van der Waals surface area contributed by atoms with Gasteiger partial charge in [0.1, 0.15) is 5.75 Å². The van der Waals surface area contributed by atoms with Crippen LogP contribution < -0.4 is 10.5 Å². The van der Waals surface area contributed by atoms with E-state index in [1.54, 1.807) is 19.2 Å². The van der Waals surface area contributed by atoms with E-state index >= 15 is 0 Å². The number of rotatable bonds is 7. The third-order valence-electron chi connectivity index (χ3n) is 4.20. The van der Waals surface area contributed by atoms with Crippen molar-refractivity contribution >= 4 is 27.0 Å². The van der Waals surface area contributed by atoms with Gasteiger partial charge >= 0.3 is 0 Å². The van der Waals surface area contributed by atoms with Crippen LogP contribution in [0.15, 0.2) is 24.3 Å². The summed E-state index contributed by atoms with van der Waals surface area (Å²) >= 11 is 5.19. The molecule has 0 aliphatic heterocycles. The van der Waals surface area contributed by atoms with Crippen molar-refractivity contribution < 1.29 is 17.9 Å². The first-order valence-electron chi connectivity index (χ1n) is 6.99. The van der Waals surface area contributed by atoms with Crippen molar-refractivity contribution in [2.75, 3.05) is 26.6 Å². The van der Waals surface area contributed by atoms with Crippen LogP contribution in [0.5, 0.6) is 5.75 Å². The number of benzene rings is 1. The van der Waals surface area contributed by atoms with Crippen molar-refractivity contribution in [1.29, 1.82) is 0 Å². The second-order valence-electron chi connectivity index (χ2n) is 5.54. The molecule has 1 aromatic carbocycles. The Kier molecular flexibility index (Phi) is 4.79. The zero-order valence-electron chi connectivity index (χ0n) is 12.9. The molecule has 0 amide bonds. The number of methoxy groups -OCH3 is 1. The van der Waals surface area contributed by atoms with Crippen molar-refractivity contribution in [2.45, 2.75) is 18.1 Å². The molecule has 1 aliphatic rings. The first-order chi connectivity index (χ1) is 10.3. The lowest BCUT2D eigenvalue weighted by Gasteiger charge is -2.16. The molecule has 1 saturated carbocycles. The molecule has 7 heteroatoms. The molecule has 1 fully saturated rings. The molecule has 122 valence electrons. The minimum atomic E-state index is -3.30. The maximum Gasteiger partial charge on any atom is 0.152 e. The Morgan fingerprint density at radius 2 is 1.95 bits per heavy atom. The fourth-order valence-electron chi connectivity index (χ4n) is 3.12. The van der Waals surface area contributed by atoms with Gasteiger partial charge in [-0.1, -0.05) is 24.4 Å². The largest absolute Gasteiger partial charge is 0.497 e. The van der Waals surface area contributed by atoms with Crippen molar-refractivity contribution in [1.82, 2.24) is 0 Å². The van der Waals surface area contributed by atoms with Crippen LogP contribution in [0.4, 0.5) is 0 Å². The average molecular weight is 343 g/mol. The molecule has 0 unspecified atom stereocenters. The summed E-state index contributed by atoms with van der Waals surface area (Å²) in [5.41, 5.74) is 5.96. The van der Waals surface area contributed by atoms with E-state index in [2.05, 4.69) is 0 Å². The molecule has 0 heterocycles. The van der Waals surface area contributed by atoms with E-state index in [1.165, 1.54) is 6.26 Å². The fourth-order valence-corrected chi connectivity index (χ4v) is 5.43. The summed E-state index contributed by atoms with van der Waals surface area (Å²) in [6.45, 7) is 2.55. The number of thiocarbonyl (C=S) groups is 1. The maximum atomic E-state index is 12.2. The van der Waals surface area contributed by atoms with Gasteiger partial charge in [0.05, 0.1) is 29.4 Å². The Labute approximate surface area is 136 Å². The maximum absolute atomic E-state index is 12.2. The Bertz CT molecular complexity index is 657. The lowest BCUT2D eigenvalue weighted by Crippen LogP contribution is -2.33. The van der Waals surface area contributed by atoms with Crippen molar-refractivity contribution in [3.8, 4) is 5.75 Å². The van der Waals surface area contributed by atoms with E-state index in [1.807, 2.05) is 19.1 Å². The van der Waals surface area contributed by atoms with Crippen molar-refractivity contribution in [2.24, 2.45) is 11.1 Å². The highest BCUT2D eigenvalue weighted by Crippen LogP contribution is 2.63. The first-order valence-corrected chi connectivity index (χ1v) is 9.35. The molecule has 5 nitrogen and oxygen atoms in total. The van der Waals surface area contributed by atoms with Gasteiger partial charge < -0.3 is 15.2 Å². The van der Waals surface area contributed by atoms with Gasteiger partial charge in [-0.15, -0.1) is 0 Å². The normalized spacial score (nSPS) is 27.4. The number of nitrogens with two attached hydrogens (primary N) is 1. The summed E-state index contributed by atoms with van der Waals surface area (Å²) < 4.78 is 35.0. The quantitative estimate of drug-likeness (QED) is 0.756. The standard InChI is InChI=1S/C15H21NO4S2/c1-4-20-9-15(14(16)21)12(13(15)22(3,17)18)10-5-7-11(19-2)8-6-10/h5-8,12-13H,4,9H2,1-3H3,(H2,16,21)/t12-,13-,15+/m0/s1. The lowest BCUT2D eigenvalue weighted by atomic mass is 10.00. The van der Waals surface area contributed by atoms with Crippen molar-refractivity contribution in [3.63, 3.8) is 0 Å². The van der Waals surface area contributed by atoms with E-state index in [-0.39, 0.29) is 17.5 Å². The van der Waals surface area contributed by atoms with Crippen molar-refractivity contribution in [3.05, 3.63) is 29.8 Å². The van der Waals surface area contributed by atoms with Crippen LogP contribution in [0.1, 0.15) is 18.4 Å². The van der Waals surface area contributed by atoms with Crippen LogP contribution in [0.3, 0.4) is 0 Å². The monoisotopic (exact) mass is 343 g/mol. The highest BCUT2D eigenvalue weighted by Gasteiger charge is 2.71. The zero-order valence-corrected chi connectivity index (χ0v) is 14.5. The number of sulfone groups is 1. The first kappa shape index (κ1) is 17.2. The molecule has 2 rings (SSSR count). The predicted molar refractivity (Wildman–Crippen MR) is 90.1 cm³/mol. The van der Waals surface area contributed by atoms with Crippen LogP contribution >= 0.6 is 12.2 Å². The molecule has 0 saturated heterocycles. The molecular formula is C15H21NO4S2. The van der Waals surface area contributed by atoms with Gasteiger partial charge in [-0.25, -0.2) is 8.42 Å². The van der Waals surface area contributed by atoms with Gasteiger partial charge in [-0.2, -0.15) is 0 Å². The van der Waals surface area contributed by atoms with Crippen LogP contribution in [-0.2, 0) is 14.6 Å². The third-order valence-corrected chi connectivity index (χ3v) is 6.19. The van der Waals surface area contributed by atoms with Gasteiger partial charge in [0, 0.05) is 18.8 Å². The molecular weight excluding hydrogens is 322 g/mol. The Hall–Kier alpha value is -1.18. The van der Waals surface area contributed by atoms with E-state index in [0.29, 0.717) is 12.4 Å². The SMILES string of the molecule is CCOC[C@@]1(C(N)=S)[C@@H](c2ccc(OC)cc2)[C@@H]1S(C)(=O)=O. The van der Waals surface area contributed by atoms with E-state index in [4.69, 9.17) is 27.4 Å². The molecule has 0 aromatic heterocycles. The molecule has 22 heavy (non-hydrogen) atoms. The summed E-state index contributed by atoms with van der Waals surface area (Å²) in [6, 6.07) is 7.32. The number of hydrogen-bond donors (Lipinski definition) is 1. The highest BCUT2D eigenvalue weighted by atomic mass is 32.2. The molecule has 0 spiro atoms. The second kappa shape index (κ2) is 6.14. The van der Waals surface area contributed by atoms with Crippen LogP contribution in [0.25, 0.3) is 0 Å². The molecule has 2 N–H and O–H groups in total. The van der Waals surface area contributed by atoms with E-state index in [9.17, 15) is 8.42 Å². The Morgan fingerprint density at radius 1 is 1.36 bits per heavy atom. The van der Waals surface area contributed by atoms with Gasteiger partial charge in [-0.3, -0.25) is 0 Å². The summed E-state index contributed by atoms with van der Waals surface area (Å²) in [7, 11) is -1.72. The van der Waals surface area contributed by atoms with E-state index in [0.717, 1.165) is 5.56 Å². The van der Waals surface area contributed by atoms with Gasteiger partial charge in [-0.05, 0) is 24.6 Å². The molecule has 0 bridgehead atoms. The lowest BCUT2D eigenvalue weighted by molar-refractivity contribution is 0.121. The van der Waals surface area contributed by atoms with E-state index < -0.39 is 20.5 Å². The summed E-state index contributed by atoms with van der Waals surface area (Å²) in [6.07, 6.45) is 1.22. The number of hydrogen-bond acceptors (Lipinski definition) is 5. The Morgan fingerprint density at radius 3 is 2.36 bits per heavy atom. The molecule has 3 atom stereocenters. The smallest absolute Gasteiger partial charge is 0.152 e. The van der Waals surface area contributed by atoms with Gasteiger partial charge in [0.2, 0.25) is 0 Å². The summed E-state index contributed by atoms with van der Waals surface area (Å²) in [5.74, 6) is 0.434. The zero-order chi connectivity index (χ0) is 16.5. The van der Waals surface area contributed by atoms with Crippen LogP contribution in [-0.4, -0.2) is 45.2 Å².